The number of carboxylic acids is 1. The van der Waals surface area contributed by atoms with Crippen LogP contribution in [0.15, 0.2) is 5.38 Å². The van der Waals surface area contributed by atoms with Crippen molar-refractivity contribution in [1.82, 2.24) is 15.6 Å². The van der Waals surface area contributed by atoms with Crippen LogP contribution in [0.3, 0.4) is 0 Å². The summed E-state index contributed by atoms with van der Waals surface area (Å²) < 4.78 is 0. The zero-order valence-electron chi connectivity index (χ0n) is 12.9. The second-order valence-corrected chi connectivity index (χ2v) is 6.76. The third kappa shape index (κ3) is 6.21. The topological polar surface area (TPSA) is 108 Å². The van der Waals surface area contributed by atoms with Crippen LogP contribution in [0.2, 0.25) is 0 Å². The minimum Gasteiger partial charge on any atom is -0.476 e. The number of carboxylic acid groups (broad SMARTS) is 1. The van der Waals surface area contributed by atoms with E-state index in [0.717, 1.165) is 0 Å². The maximum absolute atomic E-state index is 11.6. The molecule has 0 radical (unpaired) electrons. The van der Waals surface area contributed by atoms with Crippen molar-refractivity contribution in [3.8, 4) is 0 Å². The van der Waals surface area contributed by atoms with Gasteiger partial charge in [-0.3, -0.25) is 9.59 Å². The summed E-state index contributed by atoms with van der Waals surface area (Å²) >= 11 is 1.19. The number of hydrogen-bond acceptors (Lipinski definition) is 5. The van der Waals surface area contributed by atoms with Crippen molar-refractivity contribution in [2.75, 3.05) is 6.54 Å². The number of rotatable bonds is 7. The number of hydrogen-bond donors (Lipinski definition) is 3. The zero-order valence-corrected chi connectivity index (χ0v) is 13.7. The van der Waals surface area contributed by atoms with Gasteiger partial charge in [0.15, 0.2) is 5.69 Å². The smallest absolute Gasteiger partial charge is 0.355 e. The average Bonchev–Trinajstić information content (AvgIpc) is 2.89. The fourth-order valence-corrected chi connectivity index (χ4v) is 2.18. The lowest BCUT2D eigenvalue weighted by Crippen LogP contribution is -2.35. The number of nitrogens with zero attached hydrogens (tertiary/aromatic N) is 1. The van der Waals surface area contributed by atoms with E-state index in [9.17, 15) is 14.4 Å². The van der Waals surface area contributed by atoms with Gasteiger partial charge in [0.1, 0.15) is 5.01 Å². The van der Waals surface area contributed by atoms with Gasteiger partial charge in [0.25, 0.3) is 0 Å². The van der Waals surface area contributed by atoms with Gasteiger partial charge >= 0.3 is 5.97 Å². The van der Waals surface area contributed by atoms with Gasteiger partial charge in [-0.2, -0.15) is 0 Å². The van der Waals surface area contributed by atoms with Crippen LogP contribution in [0.25, 0.3) is 0 Å². The maximum Gasteiger partial charge on any atom is 0.355 e. The highest BCUT2D eigenvalue weighted by atomic mass is 32.1. The first-order valence-corrected chi connectivity index (χ1v) is 7.81. The Balaban J connectivity index is 2.21. The van der Waals surface area contributed by atoms with Crippen LogP contribution in [0.5, 0.6) is 0 Å². The zero-order chi connectivity index (χ0) is 16.8. The van der Waals surface area contributed by atoms with Gasteiger partial charge in [0.2, 0.25) is 11.8 Å². The average molecular weight is 327 g/mol. The molecular formula is C14H21N3O4S. The van der Waals surface area contributed by atoms with Crippen LogP contribution in [0, 0.1) is 5.41 Å². The predicted molar refractivity (Wildman–Crippen MR) is 82.6 cm³/mol. The normalized spacial score (nSPS) is 11.0. The van der Waals surface area contributed by atoms with E-state index in [1.54, 1.807) is 0 Å². The largest absolute Gasteiger partial charge is 0.476 e. The van der Waals surface area contributed by atoms with Gasteiger partial charge in [0, 0.05) is 23.8 Å². The van der Waals surface area contributed by atoms with Crippen molar-refractivity contribution >= 4 is 29.1 Å². The second-order valence-electron chi connectivity index (χ2n) is 5.82. The Kier molecular flexibility index (Phi) is 6.48. The molecule has 0 bridgehead atoms. The Labute approximate surface area is 133 Å². The van der Waals surface area contributed by atoms with E-state index in [4.69, 9.17) is 5.11 Å². The summed E-state index contributed by atoms with van der Waals surface area (Å²) in [6, 6.07) is 0. The van der Waals surface area contributed by atoms with Crippen LogP contribution >= 0.6 is 11.3 Å². The molecule has 0 aliphatic carbocycles. The SMILES string of the molecule is CC(C)(C)C(=O)NCCCC(=O)NCc1nc(C(=O)O)cs1. The first-order valence-electron chi connectivity index (χ1n) is 6.93. The van der Waals surface area contributed by atoms with E-state index in [1.807, 2.05) is 20.8 Å². The summed E-state index contributed by atoms with van der Waals surface area (Å²) in [5.41, 5.74) is -0.450. The summed E-state index contributed by atoms with van der Waals surface area (Å²) in [4.78, 5) is 37.8. The van der Waals surface area contributed by atoms with Crippen LogP contribution in [-0.2, 0) is 16.1 Å². The number of aromatic carboxylic acids is 1. The molecule has 7 nitrogen and oxygen atoms in total. The number of carbonyl (C=O) groups excluding carboxylic acids is 2. The number of nitrogens with one attached hydrogen (secondary N) is 2. The molecule has 1 aromatic heterocycles. The van der Waals surface area contributed by atoms with E-state index < -0.39 is 11.4 Å². The Hall–Kier alpha value is -1.96. The van der Waals surface area contributed by atoms with Gasteiger partial charge in [-0.25, -0.2) is 9.78 Å². The first-order chi connectivity index (χ1) is 10.2. The molecule has 0 aromatic carbocycles. The minimum atomic E-state index is -1.08. The summed E-state index contributed by atoms with van der Waals surface area (Å²) in [5, 5.41) is 16.2. The van der Waals surface area contributed by atoms with Crippen molar-refractivity contribution in [3.63, 3.8) is 0 Å². The summed E-state index contributed by atoms with van der Waals surface area (Å²) in [5.74, 6) is -1.28. The van der Waals surface area contributed by atoms with E-state index in [2.05, 4.69) is 15.6 Å². The molecule has 3 N–H and O–H groups in total. The van der Waals surface area contributed by atoms with Crippen LogP contribution in [-0.4, -0.2) is 34.4 Å². The molecule has 1 heterocycles. The van der Waals surface area contributed by atoms with E-state index in [-0.39, 0.29) is 24.1 Å². The molecule has 1 aromatic rings. The van der Waals surface area contributed by atoms with Crippen LogP contribution in [0.4, 0.5) is 0 Å². The third-order valence-corrected chi connectivity index (χ3v) is 3.60. The molecule has 122 valence electrons. The maximum atomic E-state index is 11.6. The third-order valence-electron chi connectivity index (χ3n) is 2.76. The molecule has 0 fully saturated rings. The van der Waals surface area contributed by atoms with Crippen molar-refractivity contribution in [2.45, 2.75) is 40.2 Å². The van der Waals surface area contributed by atoms with E-state index >= 15 is 0 Å². The molecule has 2 amide bonds. The highest BCUT2D eigenvalue weighted by Gasteiger charge is 2.20. The number of aromatic nitrogens is 1. The molecule has 8 heteroatoms. The van der Waals surface area contributed by atoms with Crippen LogP contribution in [0.1, 0.15) is 49.1 Å². The van der Waals surface area contributed by atoms with Gasteiger partial charge in [-0.05, 0) is 6.42 Å². The van der Waals surface area contributed by atoms with E-state index in [0.29, 0.717) is 24.4 Å². The molecular weight excluding hydrogens is 306 g/mol. The van der Waals surface area contributed by atoms with Crippen molar-refractivity contribution < 1.29 is 19.5 Å². The first kappa shape index (κ1) is 18.1. The van der Waals surface area contributed by atoms with E-state index in [1.165, 1.54) is 16.7 Å². The number of carbonyl (C=O) groups is 3. The molecule has 0 atom stereocenters. The lowest BCUT2D eigenvalue weighted by molar-refractivity contribution is -0.128. The molecule has 0 aliphatic rings. The molecule has 0 unspecified atom stereocenters. The predicted octanol–water partition coefficient (Wildman–Crippen LogP) is 1.40. The Bertz CT molecular complexity index is 549. The summed E-state index contributed by atoms with van der Waals surface area (Å²) in [7, 11) is 0. The quantitative estimate of drug-likeness (QED) is 0.656. The summed E-state index contributed by atoms with van der Waals surface area (Å²) in [6.45, 7) is 6.15. The molecule has 0 aliphatic heterocycles. The standard InChI is InChI=1S/C14H21N3O4S/c1-14(2,3)13(21)15-6-4-5-10(18)16-7-11-17-9(8-22-11)12(19)20/h8H,4-7H2,1-3H3,(H,15,21)(H,16,18)(H,19,20). The number of amides is 2. The Morgan fingerprint density at radius 2 is 1.95 bits per heavy atom. The molecule has 0 saturated heterocycles. The van der Waals surface area contributed by atoms with Gasteiger partial charge in [-0.1, -0.05) is 20.8 Å². The second kappa shape index (κ2) is 7.88. The lowest BCUT2D eigenvalue weighted by Gasteiger charge is -2.17. The van der Waals surface area contributed by atoms with Gasteiger partial charge < -0.3 is 15.7 Å². The minimum absolute atomic E-state index is 0.0147. The van der Waals surface area contributed by atoms with Gasteiger partial charge in [0.05, 0.1) is 6.54 Å². The lowest BCUT2D eigenvalue weighted by atomic mass is 9.96. The van der Waals surface area contributed by atoms with Crippen molar-refractivity contribution in [2.24, 2.45) is 5.41 Å². The fraction of sp³-hybridized carbons (Fsp3) is 0.571. The van der Waals surface area contributed by atoms with Crippen molar-refractivity contribution in [3.05, 3.63) is 16.1 Å². The number of thiazole rings is 1. The fourth-order valence-electron chi connectivity index (χ4n) is 1.47. The molecule has 0 spiro atoms. The van der Waals surface area contributed by atoms with Crippen LogP contribution < -0.4 is 10.6 Å². The van der Waals surface area contributed by atoms with Gasteiger partial charge in [-0.15, -0.1) is 11.3 Å². The Morgan fingerprint density at radius 1 is 1.27 bits per heavy atom. The molecule has 1 rings (SSSR count). The summed E-state index contributed by atoms with van der Waals surface area (Å²) in [6.07, 6.45) is 0.841. The monoisotopic (exact) mass is 327 g/mol. The van der Waals surface area contributed by atoms with Crippen molar-refractivity contribution in [1.29, 1.82) is 0 Å². The highest BCUT2D eigenvalue weighted by Crippen LogP contribution is 2.12. The Morgan fingerprint density at radius 3 is 2.50 bits per heavy atom. The molecule has 22 heavy (non-hydrogen) atoms. The molecule has 0 saturated carbocycles. The highest BCUT2D eigenvalue weighted by molar-refractivity contribution is 7.09.